The molecule has 35 heavy (non-hydrogen) atoms. The molecule has 2 amide bonds. The molecule has 2 aliphatic heterocycles. The summed E-state index contributed by atoms with van der Waals surface area (Å²) in [5.41, 5.74) is 2.47. The number of hydrogen-bond donors (Lipinski definition) is 2. The fourth-order valence-electron chi connectivity index (χ4n) is 4.56. The fraction of sp³-hybridized carbons (Fsp3) is 0.385. The first-order chi connectivity index (χ1) is 16.8. The van der Waals surface area contributed by atoms with Crippen LogP contribution in [0.25, 0.3) is 11.3 Å². The van der Waals surface area contributed by atoms with Gasteiger partial charge in [-0.15, -0.1) is 0 Å². The van der Waals surface area contributed by atoms with Crippen molar-refractivity contribution in [3.63, 3.8) is 0 Å². The number of nitrogens with zero attached hydrogens (tertiary/aromatic N) is 3. The van der Waals surface area contributed by atoms with E-state index in [1.807, 2.05) is 19.1 Å². The Bertz CT molecular complexity index is 1240. The van der Waals surface area contributed by atoms with Gasteiger partial charge in [-0.1, -0.05) is 5.16 Å². The minimum Gasteiger partial charge on any atom is -0.467 e. The van der Waals surface area contributed by atoms with E-state index in [0.29, 0.717) is 34.4 Å². The van der Waals surface area contributed by atoms with Gasteiger partial charge in [-0.2, -0.15) is 0 Å². The first-order valence-corrected chi connectivity index (χ1v) is 11.9. The number of pyridine rings is 1. The minimum atomic E-state index is -0.644. The first-order valence-electron chi connectivity index (χ1n) is 11.9. The molecule has 2 aromatic heterocycles. The van der Waals surface area contributed by atoms with Crippen molar-refractivity contribution >= 4 is 11.8 Å². The average molecular weight is 476 g/mol. The molecule has 2 N–H and O–H groups in total. The van der Waals surface area contributed by atoms with Crippen molar-refractivity contribution in [2.24, 2.45) is 0 Å². The lowest BCUT2D eigenvalue weighted by molar-refractivity contribution is -0.0343. The van der Waals surface area contributed by atoms with Crippen LogP contribution < -0.4 is 15.4 Å². The van der Waals surface area contributed by atoms with Crippen LogP contribution in [0.5, 0.6) is 5.75 Å². The summed E-state index contributed by atoms with van der Waals surface area (Å²) in [6.45, 7) is 8.20. The Labute approximate surface area is 203 Å². The van der Waals surface area contributed by atoms with E-state index in [1.165, 1.54) is 6.20 Å². The summed E-state index contributed by atoms with van der Waals surface area (Å²) in [7, 11) is 0. The van der Waals surface area contributed by atoms with Gasteiger partial charge in [0.25, 0.3) is 11.8 Å². The zero-order chi connectivity index (χ0) is 24.6. The van der Waals surface area contributed by atoms with Crippen molar-refractivity contribution in [1.82, 2.24) is 25.7 Å². The number of ether oxygens (including phenoxy) is 1. The molecule has 1 fully saturated rings. The Morgan fingerprint density at radius 2 is 2.00 bits per heavy atom. The van der Waals surface area contributed by atoms with Crippen molar-refractivity contribution in [1.29, 1.82) is 0 Å². The Hall–Kier alpha value is -3.72. The zero-order valence-electron chi connectivity index (χ0n) is 20.1. The Morgan fingerprint density at radius 3 is 2.66 bits per heavy atom. The number of fused-ring (bicyclic) bond motifs is 1. The standard InChI is InChI=1S/C26H29N5O4/c1-16(2)31-10-8-26(9-11-31)29-25(33)21-13-18(5-7-23(21)34-26)22-6-4-19(14-27-22)24(32)28-15-20-12-17(3)30-35-20/h4-7,12-14,16H,8-11,15H2,1-3H3,(H,28,32)(H,29,33). The average Bonchev–Trinajstić information content (AvgIpc) is 3.28. The van der Waals surface area contributed by atoms with Gasteiger partial charge in [0.1, 0.15) is 5.75 Å². The maximum atomic E-state index is 13.0. The second-order valence-corrected chi connectivity index (χ2v) is 9.44. The molecule has 4 heterocycles. The minimum absolute atomic E-state index is 0.134. The number of aryl methyl sites for hydroxylation is 1. The van der Waals surface area contributed by atoms with E-state index in [9.17, 15) is 9.59 Å². The molecular formula is C26H29N5O4. The highest BCUT2D eigenvalue weighted by atomic mass is 16.5. The molecule has 0 radical (unpaired) electrons. The van der Waals surface area contributed by atoms with Crippen LogP contribution in [0.1, 0.15) is 58.9 Å². The third-order valence-electron chi connectivity index (χ3n) is 6.63. The highest BCUT2D eigenvalue weighted by Crippen LogP contribution is 2.35. The molecule has 9 nitrogen and oxygen atoms in total. The van der Waals surface area contributed by atoms with Gasteiger partial charge in [0, 0.05) is 49.8 Å². The Kier molecular flexibility index (Phi) is 6.02. The van der Waals surface area contributed by atoms with E-state index >= 15 is 0 Å². The van der Waals surface area contributed by atoms with Crippen LogP contribution in [0.3, 0.4) is 0 Å². The number of hydrogen-bond acceptors (Lipinski definition) is 7. The molecule has 0 atom stereocenters. The number of carbonyl (C=O) groups excluding carboxylic acids is 2. The SMILES string of the molecule is Cc1cc(CNC(=O)c2ccc(-c3ccc4c(c3)C(=O)NC3(CCN(C(C)C)CC3)O4)nc2)on1. The van der Waals surface area contributed by atoms with Gasteiger partial charge in [0.2, 0.25) is 0 Å². The van der Waals surface area contributed by atoms with E-state index in [-0.39, 0.29) is 18.4 Å². The summed E-state index contributed by atoms with van der Waals surface area (Å²) in [6, 6.07) is 11.2. The summed E-state index contributed by atoms with van der Waals surface area (Å²) in [6.07, 6.45) is 3.02. The number of likely N-dealkylation sites (tertiary alicyclic amines) is 1. The van der Waals surface area contributed by atoms with Gasteiger partial charge in [-0.3, -0.25) is 14.6 Å². The second kappa shape index (κ2) is 9.14. The Morgan fingerprint density at radius 1 is 1.20 bits per heavy atom. The molecule has 1 spiro atoms. The third-order valence-corrected chi connectivity index (χ3v) is 6.63. The van der Waals surface area contributed by atoms with Gasteiger partial charge in [-0.25, -0.2) is 0 Å². The number of carbonyl (C=O) groups is 2. The fourth-order valence-corrected chi connectivity index (χ4v) is 4.56. The smallest absolute Gasteiger partial charge is 0.258 e. The summed E-state index contributed by atoms with van der Waals surface area (Å²) in [5.74, 6) is 0.784. The topological polar surface area (TPSA) is 110 Å². The molecule has 1 aromatic carbocycles. The van der Waals surface area contributed by atoms with Crippen LogP contribution in [0, 0.1) is 6.92 Å². The monoisotopic (exact) mass is 475 g/mol. The normalized spacial score (nSPS) is 17.1. The predicted octanol–water partition coefficient (Wildman–Crippen LogP) is 3.30. The van der Waals surface area contributed by atoms with Crippen LogP contribution in [-0.2, 0) is 6.54 Å². The van der Waals surface area contributed by atoms with Gasteiger partial charge < -0.3 is 24.8 Å². The van der Waals surface area contributed by atoms with Crippen molar-refractivity contribution in [3.8, 4) is 17.0 Å². The van der Waals surface area contributed by atoms with Crippen LogP contribution in [0.4, 0.5) is 0 Å². The molecule has 5 rings (SSSR count). The van der Waals surface area contributed by atoms with Crippen LogP contribution in [0.2, 0.25) is 0 Å². The van der Waals surface area contributed by atoms with E-state index < -0.39 is 5.72 Å². The van der Waals surface area contributed by atoms with E-state index in [4.69, 9.17) is 9.26 Å². The lowest BCUT2D eigenvalue weighted by atomic mass is 9.95. The number of rotatable bonds is 5. The van der Waals surface area contributed by atoms with Gasteiger partial charge >= 0.3 is 0 Å². The summed E-state index contributed by atoms with van der Waals surface area (Å²) in [5, 5.41) is 9.70. The lowest BCUT2D eigenvalue weighted by Gasteiger charge is -2.45. The first kappa shape index (κ1) is 23.0. The van der Waals surface area contributed by atoms with Crippen LogP contribution in [-0.4, -0.2) is 51.7 Å². The molecule has 182 valence electrons. The molecule has 0 bridgehead atoms. The molecule has 0 aliphatic carbocycles. The lowest BCUT2D eigenvalue weighted by Crippen LogP contribution is -2.61. The van der Waals surface area contributed by atoms with Gasteiger partial charge in [-0.05, 0) is 51.1 Å². The molecule has 1 saturated heterocycles. The second-order valence-electron chi connectivity index (χ2n) is 9.44. The largest absolute Gasteiger partial charge is 0.467 e. The van der Waals surface area contributed by atoms with Crippen molar-refractivity contribution < 1.29 is 18.8 Å². The molecular weight excluding hydrogens is 446 g/mol. The highest BCUT2D eigenvalue weighted by Gasteiger charge is 2.42. The zero-order valence-corrected chi connectivity index (χ0v) is 20.1. The third kappa shape index (κ3) is 4.77. The van der Waals surface area contributed by atoms with E-state index in [0.717, 1.165) is 37.2 Å². The molecule has 9 heteroatoms. The predicted molar refractivity (Wildman–Crippen MR) is 129 cm³/mol. The van der Waals surface area contributed by atoms with E-state index in [1.54, 1.807) is 24.3 Å². The van der Waals surface area contributed by atoms with Crippen molar-refractivity contribution in [2.75, 3.05) is 13.1 Å². The van der Waals surface area contributed by atoms with Crippen LogP contribution in [0.15, 0.2) is 47.1 Å². The summed E-state index contributed by atoms with van der Waals surface area (Å²) in [4.78, 5) is 32.3. The molecule has 3 aromatic rings. The number of nitrogens with one attached hydrogen (secondary N) is 2. The van der Waals surface area contributed by atoms with Crippen molar-refractivity contribution in [2.45, 2.75) is 51.9 Å². The maximum Gasteiger partial charge on any atom is 0.258 e. The van der Waals surface area contributed by atoms with Crippen molar-refractivity contribution in [3.05, 3.63) is 65.2 Å². The van der Waals surface area contributed by atoms with Gasteiger partial charge in [0.05, 0.1) is 29.1 Å². The van der Waals surface area contributed by atoms with Gasteiger partial charge in [0.15, 0.2) is 11.5 Å². The summed E-state index contributed by atoms with van der Waals surface area (Å²) < 4.78 is 11.4. The molecule has 0 saturated carbocycles. The number of piperidine rings is 1. The summed E-state index contributed by atoms with van der Waals surface area (Å²) >= 11 is 0. The number of benzene rings is 1. The Balaban J connectivity index is 1.27. The number of aromatic nitrogens is 2. The molecule has 2 aliphatic rings. The quantitative estimate of drug-likeness (QED) is 0.583. The molecule has 0 unspecified atom stereocenters. The van der Waals surface area contributed by atoms with Crippen LogP contribution >= 0.6 is 0 Å². The number of amides is 2. The maximum absolute atomic E-state index is 13.0. The van der Waals surface area contributed by atoms with E-state index in [2.05, 4.69) is 39.5 Å². The highest BCUT2D eigenvalue weighted by molar-refractivity contribution is 5.99.